The number of hydrogen-bond donors (Lipinski definition) is 1. The van der Waals surface area contributed by atoms with Gasteiger partial charge in [0.25, 0.3) is 0 Å². The maximum atomic E-state index is 6.55. The van der Waals surface area contributed by atoms with Gasteiger partial charge in [0.2, 0.25) is 0 Å². The van der Waals surface area contributed by atoms with Crippen molar-refractivity contribution < 1.29 is 4.74 Å². The highest BCUT2D eigenvalue weighted by molar-refractivity contribution is 5.86. The second-order valence-corrected chi connectivity index (χ2v) is 5.88. The Balaban J connectivity index is 2.02. The highest BCUT2D eigenvalue weighted by Gasteiger charge is 2.25. The molecule has 1 aromatic carbocycles. The van der Waals surface area contributed by atoms with E-state index in [2.05, 4.69) is 29.9 Å². The van der Waals surface area contributed by atoms with Crippen LogP contribution in [0, 0.1) is 5.92 Å². The minimum absolute atomic E-state index is 0.151. The molecule has 2 N–H and O–H groups in total. The zero-order valence-electron chi connectivity index (χ0n) is 12.4. The van der Waals surface area contributed by atoms with Crippen LogP contribution < -0.4 is 10.5 Å². The van der Waals surface area contributed by atoms with Crippen molar-refractivity contribution in [3.63, 3.8) is 0 Å². The molecule has 3 heteroatoms. The van der Waals surface area contributed by atoms with Gasteiger partial charge < -0.3 is 15.0 Å². The molecule has 3 rings (SSSR count). The molecule has 0 amide bonds. The van der Waals surface area contributed by atoms with Crippen LogP contribution in [0.3, 0.4) is 0 Å². The van der Waals surface area contributed by atoms with E-state index in [1.54, 1.807) is 0 Å². The quantitative estimate of drug-likeness (QED) is 0.920. The number of nitrogens with zero attached hydrogens (tertiary/aromatic N) is 1. The molecule has 108 valence electrons. The topological polar surface area (TPSA) is 40.2 Å². The van der Waals surface area contributed by atoms with Gasteiger partial charge in [-0.05, 0) is 49.4 Å². The Labute approximate surface area is 120 Å². The Hall–Kier alpha value is -1.48. The fourth-order valence-electron chi connectivity index (χ4n) is 3.49. The van der Waals surface area contributed by atoms with E-state index in [1.165, 1.54) is 42.1 Å². The molecular weight excluding hydrogens is 248 g/mol. The molecule has 1 fully saturated rings. The van der Waals surface area contributed by atoms with Gasteiger partial charge in [-0.2, -0.15) is 0 Å². The summed E-state index contributed by atoms with van der Waals surface area (Å²) in [7, 11) is 2.09. The van der Waals surface area contributed by atoms with Crippen molar-refractivity contribution in [1.29, 1.82) is 0 Å². The highest BCUT2D eigenvalue weighted by Crippen LogP contribution is 2.38. The highest BCUT2D eigenvalue weighted by atomic mass is 16.5. The van der Waals surface area contributed by atoms with Crippen LogP contribution in [0.1, 0.15) is 44.2 Å². The van der Waals surface area contributed by atoms with Crippen molar-refractivity contribution in [2.45, 2.75) is 38.6 Å². The largest absolute Gasteiger partial charge is 0.494 e. The van der Waals surface area contributed by atoms with Gasteiger partial charge in [0, 0.05) is 30.2 Å². The minimum atomic E-state index is 0.151. The van der Waals surface area contributed by atoms with E-state index in [0.29, 0.717) is 12.5 Å². The summed E-state index contributed by atoms with van der Waals surface area (Å²) in [5, 5.41) is 1.25. The van der Waals surface area contributed by atoms with Gasteiger partial charge in [-0.15, -0.1) is 0 Å². The summed E-state index contributed by atoms with van der Waals surface area (Å²) in [6.07, 6.45) is 7.38. The molecule has 0 spiro atoms. The van der Waals surface area contributed by atoms with E-state index in [0.717, 1.165) is 5.75 Å². The van der Waals surface area contributed by atoms with Crippen molar-refractivity contribution in [3.8, 4) is 5.75 Å². The molecule has 3 nitrogen and oxygen atoms in total. The number of nitrogens with two attached hydrogens (primary N) is 1. The van der Waals surface area contributed by atoms with Crippen LogP contribution in [-0.4, -0.2) is 11.2 Å². The SMILES string of the molecule is CCOc1ccc2c(c1)c(C(N)C1CCCC1)cn2C. The maximum Gasteiger partial charge on any atom is 0.120 e. The molecule has 0 saturated heterocycles. The molecule has 2 aromatic rings. The summed E-state index contributed by atoms with van der Waals surface area (Å²) < 4.78 is 7.81. The van der Waals surface area contributed by atoms with Gasteiger partial charge >= 0.3 is 0 Å². The lowest BCUT2D eigenvalue weighted by molar-refractivity contribution is 0.340. The minimum Gasteiger partial charge on any atom is -0.494 e. The predicted molar refractivity (Wildman–Crippen MR) is 83.0 cm³/mol. The number of aryl methyl sites for hydroxylation is 1. The van der Waals surface area contributed by atoms with Crippen LogP contribution in [0.2, 0.25) is 0 Å². The van der Waals surface area contributed by atoms with Gasteiger partial charge in [0.05, 0.1) is 6.61 Å². The first kappa shape index (κ1) is 13.5. The van der Waals surface area contributed by atoms with E-state index in [4.69, 9.17) is 10.5 Å². The molecule has 1 unspecified atom stereocenters. The maximum absolute atomic E-state index is 6.55. The Morgan fingerprint density at radius 1 is 1.35 bits per heavy atom. The van der Waals surface area contributed by atoms with Gasteiger partial charge in [0.15, 0.2) is 0 Å². The number of rotatable bonds is 4. The first-order valence-corrected chi connectivity index (χ1v) is 7.68. The molecule has 0 radical (unpaired) electrons. The van der Waals surface area contributed by atoms with Crippen molar-refractivity contribution in [3.05, 3.63) is 30.0 Å². The van der Waals surface area contributed by atoms with Gasteiger partial charge in [-0.3, -0.25) is 0 Å². The van der Waals surface area contributed by atoms with E-state index >= 15 is 0 Å². The van der Waals surface area contributed by atoms with Gasteiger partial charge in [0.1, 0.15) is 5.75 Å². The third-order valence-corrected chi connectivity index (χ3v) is 4.57. The number of ether oxygens (including phenoxy) is 1. The van der Waals surface area contributed by atoms with E-state index in [9.17, 15) is 0 Å². The molecule has 0 bridgehead atoms. The van der Waals surface area contributed by atoms with Gasteiger partial charge in [-0.25, -0.2) is 0 Å². The summed E-state index contributed by atoms with van der Waals surface area (Å²) in [6.45, 7) is 2.71. The molecule has 1 aliphatic carbocycles. The molecule has 1 saturated carbocycles. The fraction of sp³-hybridized carbons (Fsp3) is 0.529. The van der Waals surface area contributed by atoms with Crippen LogP contribution in [0.4, 0.5) is 0 Å². The summed E-state index contributed by atoms with van der Waals surface area (Å²) in [5.74, 6) is 1.57. The number of benzene rings is 1. The first-order valence-electron chi connectivity index (χ1n) is 7.68. The van der Waals surface area contributed by atoms with Crippen molar-refractivity contribution in [2.75, 3.05) is 6.61 Å². The zero-order valence-corrected chi connectivity index (χ0v) is 12.4. The molecule has 1 heterocycles. The zero-order chi connectivity index (χ0) is 14.1. The first-order chi connectivity index (χ1) is 9.70. The monoisotopic (exact) mass is 272 g/mol. The van der Waals surface area contributed by atoms with Crippen LogP contribution in [0.5, 0.6) is 5.75 Å². The van der Waals surface area contributed by atoms with Crippen molar-refractivity contribution in [2.24, 2.45) is 18.7 Å². The second-order valence-electron chi connectivity index (χ2n) is 5.88. The molecule has 1 aliphatic rings. The average Bonchev–Trinajstić information content (AvgIpc) is 3.07. The number of aromatic nitrogens is 1. The molecule has 20 heavy (non-hydrogen) atoms. The average molecular weight is 272 g/mol. The van der Waals surface area contributed by atoms with Crippen LogP contribution in [0.15, 0.2) is 24.4 Å². The third-order valence-electron chi connectivity index (χ3n) is 4.57. The Bertz CT molecular complexity index is 596. The lowest BCUT2D eigenvalue weighted by atomic mass is 9.92. The summed E-state index contributed by atoms with van der Waals surface area (Å²) >= 11 is 0. The Morgan fingerprint density at radius 2 is 2.10 bits per heavy atom. The molecular formula is C17H24N2O. The van der Waals surface area contributed by atoms with Crippen LogP contribution in [0.25, 0.3) is 10.9 Å². The second kappa shape index (κ2) is 5.49. The number of hydrogen-bond acceptors (Lipinski definition) is 2. The molecule has 1 aromatic heterocycles. The van der Waals surface area contributed by atoms with Crippen LogP contribution in [-0.2, 0) is 7.05 Å². The standard InChI is InChI=1S/C17H24N2O/c1-3-20-13-8-9-16-14(10-13)15(11-19(16)2)17(18)12-6-4-5-7-12/h8-12,17H,3-7,18H2,1-2H3. The Morgan fingerprint density at radius 3 is 2.80 bits per heavy atom. The van der Waals surface area contributed by atoms with E-state index < -0.39 is 0 Å². The Kier molecular flexibility index (Phi) is 3.70. The van der Waals surface area contributed by atoms with Crippen LogP contribution >= 0.6 is 0 Å². The fourth-order valence-corrected chi connectivity index (χ4v) is 3.49. The molecule has 1 atom stereocenters. The summed E-state index contributed by atoms with van der Waals surface area (Å²) in [5.41, 5.74) is 9.06. The molecule has 0 aliphatic heterocycles. The van der Waals surface area contributed by atoms with Crippen molar-refractivity contribution in [1.82, 2.24) is 4.57 Å². The normalized spacial score (nSPS) is 17.8. The predicted octanol–water partition coefficient (Wildman–Crippen LogP) is 3.77. The van der Waals surface area contributed by atoms with Crippen molar-refractivity contribution >= 4 is 10.9 Å². The van der Waals surface area contributed by atoms with E-state index in [1.807, 2.05) is 13.0 Å². The summed E-state index contributed by atoms with van der Waals surface area (Å²) in [6, 6.07) is 6.46. The number of fused-ring (bicyclic) bond motifs is 1. The smallest absolute Gasteiger partial charge is 0.120 e. The third kappa shape index (κ3) is 2.31. The lowest BCUT2D eigenvalue weighted by Gasteiger charge is -2.18. The van der Waals surface area contributed by atoms with Gasteiger partial charge in [-0.1, -0.05) is 12.8 Å². The van der Waals surface area contributed by atoms with E-state index in [-0.39, 0.29) is 6.04 Å². The summed E-state index contributed by atoms with van der Waals surface area (Å²) in [4.78, 5) is 0. The lowest BCUT2D eigenvalue weighted by Crippen LogP contribution is -2.18.